The number of rotatable bonds is 3. The van der Waals surface area contributed by atoms with Crippen LogP contribution in [-0.2, 0) is 0 Å². The lowest BCUT2D eigenvalue weighted by molar-refractivity contribution is 0.0612. The highest BCUT2D eigenvalue weighted by molar-refractivity contribution is 8.00. The molecular formula is C16H31NOS. The number of hydrogen-bond donors (Lipinski definition) is 1. The molecule has 1 saturated carbocycles. The second-order valence-corrected chi connectivity index (χ2v) is 9.01. The van der Waals surface area contributed by atoms with Gasteiger partial charge in [0.05, 0.1) is 0 Å². The molecule has 1 aliphatic carbocycles. The Labute approximate surface area is 123 Å². The van der Waals surface area contributed by atoms with Crippen LogP contribution in [0.1, 0.15) is 58.8 Å². The van der Waals surface area contributed by atoms with Gasteiger partial charge in [0.1, 0.15) is 0 Å². The number of hydrogen-bond acceptors (Lipinski definition) is 3. The van der Waals surface area contributed by atoms with Crippen LogP contribution >= 0.6 is 11.8 Å². The molecule has 0 aromatic heterocycles. The van der Waals surface area contributed by atoms with Gasteiger partial charge in [-0.05, 0) is 25.8 Å². The van der Waals surface area contributed by atoms with E-state index in [0.29, 0.717) is 11.4 Å². The third-order valence-corrected chi connectivity index (χ3v) is 6.36. The Morgan fingerprint density at radius 3 is 2.32 bits per heavy atom. The molecule has 2 nitrogen and oxygen atoms in total. The molecule has 112 valence electrons. The molecule has 2 fully saturated rings. The molecule has 0 bridgehead atoms. The van der Waals surface area contributed by atoms with E-state index in [2.05, 4.69) is 30.5 Å². The maximum absolute atomic E-state index is 9.94. The second kappa shape index (κ2) is 6.82. The van der Waals surface area contributed by atoms with Crippen molar-refractivity contribution in [2.75, 3.05) is 32.0 Å². The van der Waals surface area contributed by atoms with E-state index in [1.54, 1.807) is 0 Å². The Morgan fingerprint density at radius 1 is 1.00 bits per heavy atom. The van der Waals surface area contributed by atoms with Crippen molar-refractivity contribution < 1.29 is 5.11 Å². The first-order valence-electron chi connectivity index (χ1n) is 8.03. The molecule has 0 atom stereocenters. The van der Waals surface area contributed by atoms with Gasteiger partial charge < -0.3 is 10.0 Å². The molecule has 1 aliphatic heterocycles. The zero-order valence-corrected chi connectivity index (χ0v) is 13.6. The van der Waals surface area contributed by atoms with Crippen molar-refractivity contribution in [1.82, 2.24) is 4.90 Å². The van der Waals surface area contributed by atoms with Gasteiger partial charge >= 0.3 is 0 Å². The van der Waals surface area contributed by atoms with E-state index in [0.717, 1.165) is 6.54 Å². The summed E-state index contributed by atoms with van der Waals surface area (Å²) in [6, 6.07) is 0. The zero-order chi connectivity index (χ0) is 13.8. The van der Waals surface area contributed by atoms with E-state index in [1.165, 1.54) is 63.8 Å². The van der Waals surface area contributed by atoms with Crippen LogP contribution in [0.2, 0.25) is 0 Å². The topological polar surface area (TPSA) is 23.5 Å². The molecule has 1 saturated heterocycles. The molecule has 1 heterocycles. The molecule has 0 radical (unpaired) electrons. The predicted octanol–water partition coefficient (Wildman–Crippen LogP) is 3.54. The lowest BCUT2D eigenvalue weighted by Gasteiger charge is -2.36. The summed E-state index contributed by atoms with van der Waals surface area (Å²) in [7, 11) is 0. The summed E-state index contributed by atoms with van der Waals surface area (Å²) in [5.41, 5.74) is 0.204. The minimum absolute atomic E-state index is 0.204. The van der Waals surface area contributed by atoms with Crippen molar-refractivity contribution in [3.8, 4) is 0 Å². The van der Waals surface area contributed by atoms with Crippen LogP contribution in [0, 0.1) is 5.41 Å². The van der Waals surface area contributed by atoms with Gasteiger partial charge in [0.15, 0.2) is 0 Å². The van der Waals surface area contributed by atoms with Crippen LogP contribution in [0.4, 0.5) is 0 Å². The summed E-state index contributed by atoms with van der Waals surface area (Å²) >= 11 is 2.11. The lowest BCUT2D eigenvalue weighted by Crippen LogP contribution is -2.41. The van der Waals surface area contributed by atoms with Crippen molar-refractivity contribution in [3.63, 3.8) is 0 Å². The quantitative estimate of drug-likeness (QED) is 0.802. The summed E-state index contributed by atoms with van der Waals surface area (Å²) < 4.78 is 0.435. The Morgan fingerprint density at radius 2 is 1.68 bits per heavy atom. The molecule has 0 aromatic carbocycles. The zero-order valence-electron chi connectivity index (χ0n) is 12.8. The third kappa shape index (κ3) is 4.64. The first kappa shape index (κ1) is 15.7. The largest absolute Gasteiger partial charge is 0.396 e. The summed E-state index contributed by atoms with van der Waals surface area (Å²) in [5, 5.41) is 9.94. The molecule has 0 aromatic rings. The monoisotopic (exact) mass is 285 g/mol. The maximum atomic E-state index is 9.94. The SMILES string of the molecule is CC1(C)CCN(CC2(CO)CCCCCC2)CCS1. The van der Waals surface area contributed by atoms with E-state index in [9.17, 15) is 5.11 Å². The standard InChI is InChI=1S/C16H31NOS/c1-15(2)9-10-17(11-12-19-15)13-16(14-18)7-5-3-4-6-8-16/h18H,3-14H2,1-2H3. The highest BCUT2D eigenvalue weighted by Gasteiger charge is 2.33. The lowest BCUT2D eigenvalue weighted by atomic mass is 9.80. The Hall–Kier alpha value is 0.270. The molecular weight excluding hydrogens is 254 g/mol. The fraction of sp³-hybridized carbons (Fsp3) is 1.00. The average Bonchev–Trinajstić information content (AvgIpc) is 2.70. The average molecular weight is 285 g/mol. The summed E-state index contributed by atoms with van der Waals surface area (Å²) in [5.74, 6) is 1.24. The van der Waals surface area contributed by atoms with Gasteiger partial charge in [0, 0.05) is 35.6 Å². The highest BCUT2D eigenvalue weighted by atomic mass is 32.2. The van der Waals surface area contributed by atoms with Gasteiger partial charge in [-0.1, -0.05) is 39.5 Å². The van der Waals surface area contributed by atoms with Crippen LogP contribution in [0.25, 0.3) is 0 Å². The van der Waals surface area contributed by atoms with Crippen molar-refractivity contribution in [2.45, 2.75) is 63.5 Å². The van der Waals surface area contributed by atoms with Crippen LogP contribution in [0.3, 0.4) is 0 Å². The van der Waals surface area contributed by atoms with Crippen LogP contribution in [0.5, 0.6) is 0 Å². The first-order chi connectivity index (χ1) is 9.05. The number of aliphatic hydroxyl groups excluding tert-OH is 1. The van der Waals surface area contributed by atoms with Gasteiger partial charge in [0.2, 0.25) is 0 Å². The predicted molar refractivity (Wildman–Crippen MR) is 84.8 cm³/mol. The fourth-order valence-corrected chi connectivity index (χ4v) is 4.68. The summed E-state index contributed by atoms with van der Waals surface area (Å²) in [6.07, 6.45) is 9.10. The van der Waals surface area contributed by atoms with Gasteiger partial charge in [-0.25, -0.2) is 0 Å². The Kier molecular flexibility index (Phi) is 5.62. The smallest absolute Gasteiger partial charge is 0.0499 e. The van der Waals surface area contributed by atoms with Gasteiger partial charge in [0.25, 0.3) is 0 Å². The van der Waals surface area contributed by atoms with Crippen LogP contribution in [-0.4, -0.2) is 46.7 Å². The molecule has 3 heteroatoms. The van der Waals surface area contributed by atoms with E-state index in [-0.39, 0.29) is 5.41 Å². The van der Waals surface area contributed by atoms with Gasteiger partial charge in [-0.3, -0.25) is 0 Å². The number of aliphatic hydroxyl groups is 1. The highest BCUT2D eigenvalue weighted by Crippen LogP contribution is 2.37. The number of nitrogens with zero attached hydrogens (tertiary/aromatic N) is 1. The molecule has 2 aliphatic rings. The molecule has 0 spiro atoms. The van der Waals surface area contributed by atoms with E-state index in [4.69, 9.17) is 0 Å². The molecule has 0 amide bonds. The minimum Gasteiger partial charge on any atom is -0.396 e. The first-order valence-corrected chi connectivity index (χ1v) is 9.01. The summed E-state index contributed by atoms with van der Waals surface area (Å²) in [4.78, 5) is 2.63. The Bertz CT molecular complexity index is 272. The van der Waals surface area contributed by atoms with E-state index < -0.39 is 0 Å². The normalized spacial score (nSPS) is 28.6. The molecule has 2 rings (SSSR count). The molecule has 0 unspecified atom stereocenters. The Balaban J connectivity index is 1.93. The van der Waals surface area contributed by atoms with Gasteiger partial charge in [-0.2, -0.15) is 11.8 Å². The minimum atomic E-state index is 0.204. The second-order valence-electron chi connectivity index (χ2n) is 7.21. The third-order valence-electron chi connectivity index (χ3n) is 4.99. The summed E-state index contributed by atoms with van der Waals surface area (Å²) in [6.45, 7) is 8.67. The van der Waals surface area contributed by atoms with Crippen molar-refractivity contribution in [1.29, 1.82) is 0 Å². The molecule has 1 N–H and O–H groups in total. The fourth-order valence-electron chi connectivity index (χ4n) is 3.54. The van der Waals surface area contributed by atoms with Crippen molar-refractivity contribution in [2.24, 2.45) is 5.41 Å². The van der Waals surface area contributed by atoms with Crippen LogP contribution < -0.4 is 0 Å². The van der Waals surface area contributed by atoms with E-state index in [1.807, 2.05) is 0 Å². The van der Waals surface area contributed by atoms with Crippen molar-refractivity contribution >= 4 is 11.8 Å². The van der Waals surface area contributed by atoms with Crippen molar-refractivity contribution in [3.05, 3.63) is 0 Å². The van der Waals surface area contributed by atoms with Crippen LogP contribution in [0.15, 0.2) is 0 Å². The molecule has 19 heavy (non-hydrogen) atoms. The van der Waals surface area contributed by atoms with Gasteiger partial charge in [-0.15, -0.1) is 0 Å². The van der Waals surface area contributed by atoms with E-state index >= 15 is 0 Å². The number of thioether (sulfide) groups is 1. The maximum Gasteiger partial charge on any atom is 0.0499 e.